The molecular weight excluding hydrogens is 645 g/mol. The van der Waals surface area contributed by atoms with Crippen LogP contribution >= 0.6 is 0 Å². The fourth-order valence-electron chi connectivity index (χ4n) is 9.53. The summed E-state index contributed by atoms with van der Waals surface area (Å²) >= 11 is 0. The highest BCUT2D eigenvalue weighted by Crippen LogP contribution is 2.54. The van der Waals surface area contributed by atoms with Gasteiger partial charge in [0.1, 0.15) is 11.2 Å². The van der Waals surface area contributed by atoms with Crippen molar-refractivity contribution < 1.29 is 4.42 Å². The lowest BCUT2D eigenvalue weighted by atomic mass is 9.82. The molecule has 3 heteroatoms. The number of hydrogen-bond donors (Lipinski definition) is 0. The van der Waals surface area contributed by atoms with Crippen LogP contribution < -0.4 is 0 Å². The molecule has 0 fully saturated rings. The van der Waals surface area contributed by atoms with Gasteiger partial charge >= 0.3 is 0 Å². The zero-order valence-corrected chi connectivity index (χ0v) is 30.2. The van der Waals surface area contributed by atoms with Crippen LogP contribution in [0.25, 0.3) is 88.9 Å². The number of hydrogen-bond acceptors (Lipinski definition) is 3. The van der Waals surface area contributed by atoms with Gasteiger partial charge in [0.15, 0.2) is 5.82 Å². The fraction of sp³-hybridized carbons (Fsp3) is 0.120. The summed E-state index contributed by atoms with van der Waals surface area (Å²) in [5, 5.41) is 3.14. The molecule has 0 N–H and O–H groups in total. The smallest absolute Gasteiger partial charge is 0.161 e. The second kappa shape index (κ2) is 10.6. The predicted molar refractivity (Wildman–Crippen MR) is 218 cm³/mol. The van der Waals surface area contributed by atoms with Gasteiger partial charge in [-0.3, -0.25) is 0 Å². The first-order valence-corrected chi connectivity index (χ1v) is 18.5. The second-order valence-corrected chi connectivity index (χ2v) is 15.7. The molecule has 2 aliphatic carbocycles. The minimum Gasteiger partial charge on any atom is -0.456 e. The largest absolute Gasteiger partial charge is 0.456 e. The zero-order valence-electron chi connectivity index (χ0n) is 30.2. The Morgan fingerprint density at radius 3 is 1.72 bits per heavy atom. The molecule has 53 heavy (non-hydrogen) atoms. The van der Waals surface area contributed by atoms with Crippen molar-refractivity contribution in [1.82, 2.24) is 9.97 Å². The number of nitrogens with zero attached hydrogens (tertiary/aromatic N) is 2. The summed E-state index contributed by atoms with van der Waals surface area (Å²) in [6.07, 6.45) is 0. The molecule has 0 spiro atoms. The van der Waals surface area contributed by atoms with Crippen LogP contribution in [-0.4, -0.2) is 9.97 Å². The lowest BCUT2D eigenvalue weighted by Gasteiger charge is -2.22. The molecule has 0 unspecified atom stereocenters. The standard InChI is InChI=1S/C50H36N2O/c1-49(2)37-20-8-5-14-31(37)44-30(17-11-22-39(44)49)29-26-27-41-36(28-29)47(34-18-12-23-40-45(34)32-15-6-9-21-38(32)50(40,3)4)52-48(51-41)35-19-13-25-43-46(35)33-16-7-10-24-42(33)53-43/h5-28H,1-4H3. The normalized spacial score (nSPS) is 14.7. The lowest BCUT2D eigenvalue weighted by Crippen LogP contribution is -2.14. The molecule has 11 rings (SSSR count). The van der Waals surface area contributed by atoms with Gasteiger partial charge in [-0.15, -0.1) is 0 Å². The minimum atomic E-state index is -0.134. The van der Waals surface area contributed by atoms with E-state index in [4.69, 9.17) is 14.4 Å². The molecule has 0 atom stereocenters. The van der Waals surface area contributed by atoms with Crippen LogP contribution in [-0.2, 0) is 10.8 Å². The number of fused-ring (bicyclic) bond motifs is 10. The highest BCUT2D eigenvalue weighted by Gasteiger charge is 2.38. The van der Waals surface area contributed by atoms with E-state index in [9.17, 15) is 0 Å². The van der Waals surface area contributed by atoms with E-state index >= 15 is 0 Å². The molecule has 0 amide bonds. The van der Waals surface area contributed by atoms with E-state index in [2.05, 4.69) is 149 Å². The average molecular weight is 681 g/mol. The summed E-state index contributed by atoms with van der Waals surface area (Å²) in [6, 6.07) is 52.5. The van der Waals surface area contributed by atoms with Crippen molar-refractivity contribution in [2.75, 3.05) is 0 Å². The molecule has 9 aromatic rings. The van der Waals surface area contributed by atoms with Gasteiger partial charge in [0.2, 0.25) is 0 Å². The number of aromatic nitrogens is 2. The Hall–Kier alpha value is -6.32. The van der Waals surface area contributed by atoms with Gasteiger partial charge < -0.3 is 4.42 Å². The molecule has 3 nitrogen and oxygen atoms in total. The van der Waals surface area contributed by atoms with E-state index in [1.165, 1.54) is 50.1 Å². The van der Waals surface area contributed by atoms with Gasteiger partial charge in [0, 0.05) is 38.1 Å². The Bertz CT molecular complexity index is 3020. The predicted octanol–water partition coefficient (Wildman–Crippen LogP) is 13.1. The third-order valence-corrected chi connectivity index (χ3v) is 12.1. The zero-order chi connectivity index (χ0) is 35.6. The van der Waals surface area contributed by atoms with E-state index < -0.39 is 0 Å². The van der Waals surface area contributed by atoms with Gasteiger partial charge in [-0.2, -0.15) is 0 Å². The van der Waals surface area contributed by atoms with Gasteiger partial charge in [-0.05, 0) is 79.9 Å². The molecule has 0 saturated heterocycles. The van der Waals surface area contributed by atoms with Crippen LogP contribution in [0.5, 0.6) is 0 Å². The average Bonchev–Trinajstić information content (AvgIpc) is 3.77. The molecule has 2 heterocycles. The number of para-hydroxylation sites is 1. The Morgan fingerprint density at radius 1 is 0.434 bits per heavy atom. The van der Waals surface area contributed by atoms with Crippen LogP contribution in [0.3, 0.4) is 0 Å². The maximum absolute atomic E-state index is 6.32. The first-order valence-electron chi connectivity index (χ1n) is 18.5. The molecule has 2 aliphatic rings. The third-order valence-electron chi connectivity index (χ3n) is 12.1. The molecule has 7 aromatic carbocycles. The Balaban J connectivity index is 1.22. The molecule has 252 valence electrons. The summed E-state index contributed by atoms with van der Waals surface area (Å²) in [5.41, 5.74) is 18.4. The second-order valence-electron chi connectivity index (χ2n) is 15.7. The van der Waals surface area contributed by atoms with Crippen molar-refractivity contribution in [2.24, 2.45) is 0 Å². The fourth-order valence-corrected chi connectivity index (χ4v) is 9.53. The molecule has 0 saturated carbocycles. The van der Waals surface area contributed by atoms with Crippen LogP contribution in [0, 0.1) is 0 Å². The first-order chi connectivity index (χ1) is 25.8. The molecule has 0 radical (unpaired) electrons. The van der Waals surface area contributed by atoms with E-state index in [1.807, 2.05) is 24.3 Å². The van der Waals surface area contributed by atoms with Crippen molar-refractivity contribution in [2.45, 2.75) is 38.5 Å². The van der Waals surface area contributed by atoms with Gasteiger partial charge in [0.25, 0.3) is 0 Å². The molecule has 0 aliphatic heterocycles. The molecule has 2 aromatic heterocycles. The first kappa shape index (κ1) is 30.3. The number of furan rings is 1. The lowest BCUT2D eigenvalue weighted by molar-refractivity contribution is 0.660. The monoisotopic (exact) mass is 680 g/mol. The van der Waals surface area contributed by atoms with E-state index in [0.717, 1.165) is 55.2 Å². The summed E-state index contributed by atoms with van der Waals surface area (Å²) in [5.74, 6) is 0.692. The van der Waals surface area contributed by atoms with Crippen molar-refractivity contribution in [3.05, 3.63) is 168 Å². The summed E-state index contributed by atoms with van der Waals surface area (Å²) in [4.78, 5) is 10.9. The Labute approximate surface area is 308 Å². The van der Waals surface area contributed by atoms with Crippen LogP contribution in [0.1, 0.15) is 49.9 Å². The van der Waals surface area contributed by atoms with E-state index in [1.54, 1.807) is 0 Å². The number of rotatable bonds is 3. The van der Waals surface area contributed by atoms with Gasteiger partial charge in [0.05, 0.1) is 11.2 Å². The Morgan fingerprint density at radius 2 is 0.981 bits per heavy atom. The quantitative estimate of drug-likeness (QED) is 0.186. The highest BCUT2D eigenvalue weighted by atomic mass is 16.3. The maximum atomic E-state index is 6.32. The van der Waals surface area contributed by atoms with E-state index in [-0.39, 0.29) is 10.8 Å². The summed E-state index contributed by atoms with van der Waals surface area (Å²) in [6.45, 7) is 9.36. The minimum absolute atomic E-state index is 0.0784. The SMILES string of the molecule is CC1(C)c2ccccc2-c2c(-c3ccc4nc(-c5cccc6oc7ccccc7c56)nc(-c5cccc6c5-c5ccccc5C6(C)C)c4c3)cccc21. The van der Waals surface area contributed by atoms with Crippen molar-refractivity contribution >= 4 is 32.8 Å². The maximum Gasteiger partial charge on any atom is 0.161 e. The van der Waals surface area contributed by atoms with Gasteiger partial charge in [-0.1, -0.05) is 149 Å². The van der Waals surface area contributed by atoms with Crippen molar-refractivity contribution in [1.29, 1.82) is 0 Å². The van der Waals surface area contributed by atoms with Crippen molar-refractivity contribution in [3.63, 3.8) is 0 Å². The topological polar surface area (TPSA) is 38.9 Å². The Kier molecular flexibility index (Phi) is 6.07. The molecule has 0 bridgehead atoms. The van der Waals surface area contributed by atoms with Gasteiger partial charge in [-0.25, -0.2) is 9.97 Å². The van der Waals surface area contributed by atoms with Crippen LogP contribution in [0.2, 0.25) is 0 Å². The summed E-state index contributed by atoms with van der Waals surface area (Å²) in [7, 11) is 0. The van der Waals surface area contributed by atoms with Crippen LogP contribution in [0.15, 0.2) is 150 Å². The highest BCUT2D eigenvalue weighted by molar-refractivity contribution is 6.12. The van der Waals surface area contributed by atoms with Crippen molar-refractivity contribution in [3.8, 4) is 56.0 Å². The van der Waals surface area contributed by atoms with Crippen LogP contribution in [0.4, 0.5) is 0 Å². The van der Waals surface area contributed by atoms with E-state index in [0.29, 0.717) is 5.82 Å². The third kappa shape index (κ3) is 4.11. The molecular formula is C50H36N2O. The summed E-state index contributed by atoms with van der Waals surface area (Å²) < 4.78 is 6.32. The number of benzene rings is 7.